The maximum atomic E-state index is 12.3. The van der Waals surface area contributed by atoms with Crippen LogP contribution in [-0.2, 0) is 14.3 Å². The Balaban J connectivity index is 1.35. The van der Waals surface area contributed by atoms with Crippen LogP contribution in [0.1, 0.15) is 26.7 Å². The van der Waals surface area contributed by atoms with Crippen molar-refractivity contribution < 1.29 is 19.1 Å². The van der Waals surface area contributed by atoms with Crippen molar-refractivity contribution in [1.29, 1.82) is 0 Å². The number of thioether (sulfide) groups is 1. The minimum atomic E-state index is -0.260. The molecular weight excluding hydrogens is 422 g/mol. The van der Waals surface area contributed by atoms with E-state index in [4.69, 9.17) is 21.7 Å². The zero-order valence-electron chi connectivity index (χ0n) is 17.4. The Hall–Kier alpha value is -1.84. The standard InChI is InChI=1S/C21H29N3O4S2/c1-15-12-24(13-16(2)27-15)21(29)30-14-19(25)28-18-8-10-23(11-9-18)20(26)22-17-6-4-3-5-7-17/h3-7,15-16,18H,8-14H2,1-2H3,(H,22,26)/t15-,16-/m1/s1. The molecule has 1 N–H and O–H groups in total. The quantitative estimate of drug-likeness (QED) is 0.556. The van der Waals surface area contributed by atoms with Gasteiger partial charge in [-0.25, -0.2) is 4.79 Å². The molecule has 30 heavy (non-hydrogen) atoms. The third kappa shape index (κ3) is 6.85. The maximum Gasteiger partial charge on any atom is 0.321 e. The van der Waals surface area contributed by atoms with Crippen molar-refractivity contribution >= 4 is 46.0 Å². The maximum absolute atomic E-state index is 12.3. The molecule has 2 heterocycles. The fraction of sp³-hybridized carbons (Fsp3) is 0.571. The third-order valence-corrected chi connectivity index (χ3v) is 6.54. The Kier molecular flexibility index (Phi) is 8.35. The van der Waals surface area contributed by atoms with Crippen LogP contribution in [0.3, 0.4) is 0 Å². The number of hydrogen-bond donors (Lipinski definition) is 1. The first-order chi connectivity index (χ1) is 14.4. The topological polar surface area (TPSA) is 71.1 Å². The molecule has 0 aromatic heterocycles. The van der Waals surface area contributed by atoms with Gasteiger partial charge in [-0.1, -0.05) is 42.2 Å². The molecule has 0 unspecified atom stereocenters. The number of anilines is 1. The first kappa shape index (κ1) is 22.8. The second-order valence-electron chi connectivity index (χ2n) is 7.69. The minimum absolute atomic E-state index is 0.124. The fourth-order valence-electron chi connectivity index (χ4n) is 3.66. The van der Waals surface area contributed by atoms with Crippen LogP contribution in [-0.4, -0.2) is 76.4 Å². The molecule has 2 aliphatic heterocycles. The van der Waals surface area contributed by atoms with Gasteiger partial charge in [0, 0.05) is 44.7 Å². The average molecular weight is 452 g/mol. The number of rotatable bonds is 4. The largest absolute Gasteiger partial charge is 0.462 e. The number of carbonyl (C=O) groups excluding carboxylic acids is 2. The first-order valence-electron chi connectivity index (χ1n) is 10.3. The highest BCUT2D eigenvalue weighted by molar-refractivity contribution is 8.23. The Labute approximate surface area is 187 Å². The lowest BCUT2D eigenvalue weighted by Gasteiger charge is -2.36. The van der Waals surface area contributed by atoms with Gasteiger partial charge in [0.2, 0.25) is 0 Å². The highest BCUT2D eigenvalue weighted by Crippen LogP contribution is 2.19. The molecule has 9 heteroatoms. The highest BCUT2D eigenvalue weighted by atomic mass is 32.2. The van der Waals surface area contributed by atoms with Crippen molar-refractivity contribution in [3.63, 3.8) is 0 Å². The molecule has 1 aromatic carbocycles. The molecule has 3 rings (SSSR count). The van der Waals surface area contributed by atoms with Crippen molar-refractivity contribution in [2.45, 2.75) is 45.0 Å². The highest BCUT2D eigenvalue weighted by Gasteiger charge is 2.27. The summed E-state index contributed by atoms with van der Waals surface area (Å²) in [5.41, 5.74) is 0.771. The predicted octanol–water partition coefficient (Wildman–Crippen LogP) is 3.35. The van der Waals surface area contributed by atoms with Gasteiger partial charge in [-0.3, -0.25) is 4.79 Å². The van der Waals surface area contributed by atoms with Gasteiger partial charge in [0.25, 0.3) is 0 Å². The summed E-state index contributed by atoms with van der Waals surface area (Å²) >= 11 is 6.82. The number of nitrogens with one attached hydrogen (secondary N) is 1. The summed E-state index contributed by atoms with van der Waals surface area (Å²) in [5.74, 6) is -0.0582. The summed E-state index contributed by atoms with van der Waals surface area (Å²) in [6.07, 6.45) is 1.38. The normalized spacial score (nSPS) is 22.5. The summed E-state index contributed by atoms with van der Waals surface area (Å²) < 4.78 is 12.0. The van der Waals surface area contributed by atoms with Gasteiger partial charge in [-0.2, -0.15) is 0 Å². The Bertz CT molecular complexity index is 731. The van der Waals surface area contributed by atoms with E-state index in [0.29, 0.717) is 30.3 Å². The van der Waals surface area contributed by atoms with E-state index in [-0.39, 0.29) is 36.1 Å². The van der Waals surface area contributed by atoms with Crippen molar-refractivity contribution in [1.82, 2.24) is 9.80 Å². The second-order valence-corrected chi connectivity index (χ2v) is 9.30. The van der Waals surface area contributed by atoms with Crippen LogP contribution in [0.5, 0.6) is 0 Å². The lowest BCUT2D eigenvalue weighted by Crippen LogP contribution is -2.47. The summed E-state index contributed by atoms with van der Waals surface area (Å²) in [6.45, 7) is 6.66. The van der Waals surface area contributed by atoms with Crippen LogP contribution in [0, 0.1) is 0 Å². The number of esters is 1. The molecule has 0 bridgehead atoms. The summed E-state index contributed by atoms with van der Waals surface area (Å²) in [6, 6.07) is 9.25. The predicted molar refractivity (Wildman–Crippen MR) is 123 cm³/mol. The van der Waals surface area contributed by atoms with Crippen LogP contribution in [0.15, 0.2) is 30.3 Å². The van der Waals surface area contributed by atoms with E-state index in [1.165, 1.54) is 11.8 Å². The molecule has 2 saturated heterocycles. The molecule has 0 aliphatic carbocycles. The van der Waals surface area contributed by atoms with Crippen LogP contribution < -0.4 is 5.32 Å². The number of nitrogens with zero attached hydrogens (tertiary/aromatic N) is 2. The number of benzene rings is 1. The lowest BCUT2D eigenvalue weighted by molar-refractivity contribution is -0.147. The number of ether oxygens (including phenoxy) is 2. The van der Waals surface area contributed by atoms with Gasteiger partial charge in [0.15, 0.2) is 0 Å². The number of thiocarbonyl (C=S) groups is 1. The van der Waals surface area contributed by atoms with Crippen molar-refractivity contribution in [3.05, 3.63) is 30.3 Å². The van der Waals surface area contributed by atoms with Crippen LogP contribution in [0.25, 0.3) is 0 Å². The summed E-state index contributed by atoms with van der Waals surface area (Å²) in [5, 5.41) is 2.89. The number of amides is 2. The number of likely N-dealkylation sites (tertiary alicyclic amines) is 1. The van der Waals surface area contributed by atoms with Crippen LogP contribution in [0.4, 0.5) is 10.5 Å². The van der Waals surface area contributed by atoms with Crippen molar-refractivity contribution in [2.75, 3.05) is 37.2 Å². The zero-order valence-corrected chi connectivity index (χ0v) is 19.0. The lowest BCUT2D eigenvalue weighted by atomic mass is 10.1. The molecule has 0 saturated carbocycles. The number of urea groups is 1. The average Bonchev–Trinajstić information content (AvgIpc) is 2.72. The van der Waals surface area contributed by atoms with Gasteiger partial charge >= 0.3 is 12.0 Å². The molecular formula is C21H29N3O4S2. The molecule has 0 radical (unpaired) electrons. The van der Waals surface area contributed by atoms with Crippen molar-refractivity contribution in [2.24, 2.45) is 0 Å². The molecule has 2 fully saturated rings. The van der Waals surface area contributed by atoms with E-state index < -0.39 is 0 Å². The SMILES string of the molecule is C[C@@H]1CN(C(=S)SCC(=O)OC2CCN(C(=O)Nc3ccccc3)CC2)C[C@@H](C)O1. The van der Waals surface area contributed by atoms with Gasteiger partial charge in [-0.15, -0.1) is 0 Å². The summed E-state index contributed by atoms with van der Waals surface area (Å²) in [7, 11) is 0. The number of carbonyl (C=O) groups is 2. The molecule has 1 aromatic rings. The monoisotopic (exact) mass is 451 g/mol. The Morgan fingerprint density at radius 2 is 1.77 bits per heavy atom. The number of piperidine rings is 1. The van der Waals surface area contributed by atoms with Crippen LogP contribution >= 0.6 is 24.0 Å². The molecule has 7 nitrogen and oxygen atoms in total. The number of hydrogen-bond acceptors (Lipinski definition) is 6. The summed E-state index contributed by atoms with van der Waals surface area (Å²) in [4.78, 5) is 28.4. The van der Waals surface area contributed by atoms with Gasteiger partial charge in [-0.05, 0) is 26.0 Å². The van der Waals surface area contributed by atoms with E-state index in [1.807, 2.05) is 44.2 Å². The van der Waals surface area contributed by atoms with E-state index in [0.717, 1.165) is 18.8 Å². The molecule has 2 amide bonds. The fourth-order valence-corrected chi connectivity index (χ4v) is 4.63. The molecule has 164 valence electrons. The number of para-hydroxylation sites is 1. The molecule has 2 aliphatic rings. The van der Waals surface area contributed by atoms with E-state index in [1.54, 1.807) is 4.90 Å². The van der Waals surface area contributed by atoms with E-state index >= 15 is 0 Å². The van der Waals surface area contributed by atoms with Crippen molar-refractivity contribution in [3.8, 4) is 0 Å². The van der Waals surface area contributed by atoms with Crippen LogP contribution in [0.2, 0.25) is 0 Å². The van der Waals surface area contributed by atoms with E-state index in [9.17, 15) is 9.59 Å². The Morgan fingerprint density at radius 1 is 1.13 bits per heavy atom. The third-order valence-electron chi connectivity index (χ3n) is 5.04. The van der Waals surface area contributed by atoms with Gasteiger partial charge in [0.1, 0.15) is 10.4 Å². The number of morpholine rings is 1. The second kappa shape index (κ2) is 11.0. The Morgan fingerprint density at radius 3 is 2.40 bits per heavy atom. The molecule has 2 atom stereocenters. The van der Waals surface area contributed by atoms with Gasteiger partial charge in [0.05, 0.1) is 18.0 Å². The first-order valence-corrected chi connectivity index (χ1v) is 11.7. The minimum Gasteiger partial charge on any atom is -0.462 e. The molecule has 0 spiro atoms. The van der Waals surface area contributed by atoms with Gasteiger partial charge < -0.3 is 24.6 Å². The zero-order chi connectivity index (χ0) is 21.5. The van der Waals surface area contributed by atoms with E-state index in [2.05, 4.69) is 10.2 Å². The smallest absolute Gasteiger partial charge is 0.321 e.